The molecule has 1 amide bonds. The van der Waals surface area contributed by atoms with Crippen molar-refractivity contribution >= 4 is 5.91 Å². The van der Waals surface area contributed by atoms with Crippen LogP contribution in [0.4, 0.5) is 0 Å². The van der Waals surface area contributed by atoms with Gasteiger partial charge in [0.25, 0.3) is 0 Å². The summed E-state index contributed by atoms with van der Waals surface area (Å²) in [5.41, 5.74) is 3.66. The molecule has 0 spiro atoms. The van der Waals surface area contributed by atoms with Crippen LogP contribution in [0.25, 0.3) is 0 Å². The second-order valence-electron chi connectivity index (χ2n) is 3.19. The Morgan fingerprint density at radius 3 is 2.46 bits per heavy atom. The Morgan fingerprint density at radius 2 is 2.00 bits per heavy atom. The average molecular weight is 185 g/mol. The van der Waals surface area contributed by atoms with E-state index in [4.69, 9.17) is 0 Å². The third-order valence-corrected chi connectivity index (χ3v) is 1.45. The highest BCUT2D eigenvalue weighted by Crippen LogP contribution is 1.85. The number of hydrazine groups is 1. The van der Waals surface area contributed by atoms with Gasteiger partial charge >= 0.3 is 0 Å². The highest BCUT2D eigenvalue weighted by atomic mass is 16.1. The van der Waals surface area contributed by atoms with Gasteiger partial charge in [0, 0.05) is 32.8 Å². The van der Waals surface area contributed by atoms with Crippen molar-refractivity contribution in [1.29, 1.82) is 0 Å². The molecule has 76 valence electrons. The van der Waals surface area contributed by atoms with Crippen LogP contribution in [0, 0.1) is 0 Å². The predicted octanol–water partition coefficient (Wildman–Crippen LogP) is 0.135. The highest BCUT2D eigenvalue weighted by molar-refractivity contribution is 5.91. The van der Waals surface area contributed by atoms with Crippen LogP contribution >= 0.6 is 0 Å². The minimum Gasteiger partial charge on any atom is -0.352 e. The predicted molar refractivity (Wildman–Crippen MR) is 54.1 cm³/mol. The van der Waals surface area contributed by atoms with Crippen molar-refractivity contribution in [3.63, 3.8) is 0 Å². The van der Waals surface area contributed by atoms with Crippen molar-refractivity contribution in [1.82, 2.24) is 15.8 Å². The maximum Gasteiger partial charge on any atom is 0.246 e. The van der Waals surface area contributed by atoms with Gasteiger partial charge in [0.1, 0.15) is 0 Å². The zero-order chi connectivity index (χ0) is 10.3. The Hall–Kier alpha value is -0.870. The summed E-state index contributed by atoms with van der Waals surface area (Å²) in [7, 11) is 3.87. The first kappa shape index (κ1) is 12.1. The van der Waals surface area contributed by atoms with Gasteiger partial charge in [-0.05, 0) is 13.3 Å². The van der Waals surface area contributed by atoms with Crippen LogP contribution in [-0.4, -0.2) is 38.1 Å². The molecule has 2 N–H and O–H groups in total. The first-order chi connectivity index (χ1) is 6.04. The zero-order valence-electron chi connectivity index (χ0n) is 8.68. The van der Waals surface area contributed by atoms with Crippen molar-refractivity contribution in [3.8, 4) is 0 Å². The van der Waals surface area contributed by atoms with Gasteiger partial charge in [-0.2, -0.15) is 0 Å². The van der Waals surface area contributed by atoms with Crippen molar-refractivity contribution in [2.45, 2.75) is 13.3 Å². The number of hydrogen-bond donors (Lipinski definition) is 2. The molecule has 0 aliphatic rings. The van der Waals surface area contributed by atoms with Gasteiger partial charge in [0.2, 0.25) is 5.91 Å². The molecule has 4 nitrogen and oxygen atoms in total. The topological polar surface area (TPSA) is 44.4 Å². The van der Waals surface area contributed by atoms with E-state index in [-0.39, 0.29) is 5.91 Å². The van der Waals surface area contributed by atoms with E-state index >= 15 is 0 Å². The number of hydrogen-bond acceptors (Lipinski definition) is 3. The number of nitrogens with one attached hydrogen (secondary N) is 2. The maximum atomic E-state index is 11.0. The van der Waals surface area contributed by atoms with Gasteiger partial charge in [-0.3, -0.25) is 15.2 Å². The summed E-state index contributed by atoms with van der Waals surface area (Å²) in [5.74, 6) is -0.0650. The Balaban J connectivity index is 3.26. The highest BCUT2D eigenvalue weighted by Gasteiger charge is 1.98. The van der Waals surface area contributed by atoms with Gasteiger partial charge < -0.3 is 5.32 Å². The minimum absolute atomic E-state index is 0.0650. The van der Waals surface area contributed by atoms with Crippen molar-refractivity contribution in [3.05, 3.63) is 12.2 Å². The second kappa shape index (κ2) is 6.62. The van der Waals surface area contributed by atoms with Gasteiger partial charge in [-0.25, -0.2) is 0 Å². The van der Waals surface area contributed by atoms with E-state index in [0.717, 1.165) is 13.0 Å². The van der Waals surface area contributed by atoms with Gasteiger partial charge in [-0.15, -0.1) is 0 Å². The second-order valence-corrected chi connectivity index (χ2v) is 3.19. The van der Waals surface area contributed by atoms with E-state index in [1.807, 2.05) is 19.1 Å². The lowest BCUT2D eigenvalue weighted by molar-refractivity contribution is -0.117. The third kappa shape index (κ3) is 7.49. The minimum atomic E-state index is -0.0650. The number of carbonyl (C=O) groups excluding carboxylic acids is 1. The largest absolute Gasteiger partial charge is 0.352 e. The molecule has 0 aromatic rings. The van der Waals surface area contributed by atoms with Crippen molar-refractivity contribution in [2.75, 3.05) is 27.2 Å². The Labute approximate surface area is 80.0 Å². The third-order valence-electron chi connectivity index (χ3n) is 1.45. The van der Waals surface area contributed by atoms with Crippen LogP contribution in [0.5, 0.6) is 0 Å². The fourth-order valence-electron chi connectivity index (χ4n) is 0.744. The lowest BCUT2D eigenvalue weighted by atomic mass is 10.3. The molecule has 0 heterocycles. The molecule has 0 aromatic heterocycles. The molecule has 0 saturated heterocycles. The number of amides is 1. The summed E-state index contributed by atoms with van der Waals surface area (Å²) in [6, 6.07) is 0. The van der Waals surface area contributed by atoms with Crippen LogP contribution in [0.3, 0.4) is 0 Å². The molecular formula is C9H19N3O. The summed E-state index contributed by atoms with van der Waals surface area (Å²) in [6.07, 6.45) is 0.914. The van der Waals surface area contributed by atoms with E-state index < -0.39 is 0 Å². The molecule has 0 radical (unpaired) electrons. The van der Waals surface area contributed by atoms with Crippen LogP contribution in [0.1, 0.15) is 13.3 Å². The molecule has 0 aliphatic heterocycles. The fraction of sp³-hybridized carbons (Fsp3) is 0.667. The van der Waals surface area contributed by atoms with E-state index in [2.05, 4.69) is 17.3 Å². The van der Waals surface area contributed by atoms with Crippen molar-refractivity contribution in [2.24, 2.45) is 0 Å². The molecule has 0 saturated carbocycles. The molecule has 0 fully saturated rings. The maximum absolute atomic E-state index is 11.0. The Kier molecular flexibility index (Phi) is 6.18. The molecule has 0 aromatic carbocycles. The summed E-state index contributed by atoms with van der Waals surface area (Å²) in [6.45, 7) is 6.80. The lowest BCUT2D eigenvalue weighted by Crippen LogP contribution is -2.33. The summed E-state index contributed by atoms with van der Waals surface area (Å²) in [5, 5.41) is 4.65. The summed E-state index contributed by atoms with van der Waals surface area (Å²) >= 11 is 0. The molecular weight excluding hydrogens is 166 g/mol. The molecule has 4 heteroatoms. The van der Waals surface area contributed by atoms with Gasteiger partial charge in [0.05, 0.1) is 0 Å². The standard InChI is InChI=1S/C9H19N3O/c1-8(2)9(13)10-6-5-7-11-12(3)4/h11H,1,5-7H2,2-4H3,(H,10,13). The molecule has 0 aliphatic carbocycles. The normalized spacial score (nSPS) is 10.2. The van der Waals surface area contributed by atoms with Crippen LogP contribution in [-0.2, 0) is 4.79 Å². The number of carbonyl (C=O) groups is 1. The molecule has 0 unspecified atom stereocenters. The number of nitrogens with zero attached hydrogens (tertiary/aromatic N) is 1. The van der Waals surface area contributed by atoms with Crippen LogP contribution < -0.4 is 10.7 Å². The van der Waals surface area contributed by atoms with E-state index in [1.165, 1.54) is 0 Å². The Morgan fingerprint density at radius 1 is 1.38 bits per heavy atom. The van der Waals surface area contributed by atoms with E-state index in [0.29, 0.717) is 12.1 Å². The average Bonchev–Trinajstić information content (AvgIpc) is 2.02. The summed E-state index contributed by atoms with van der Waals surface area (Å²) in [4.78, 5) is 11.0. The van der Waals surface area contributed by atoms with Gasteiger partial charge in [0.15, 0.2) is 0 Å². The quantitative estimate of drug-likeness (QED) is 0.351. The molecule has 0 bridgehead atoms. The fourth-order valence-corrected chi connectivity index (χ4v) is 0.744. The van der Waals surface area contributed by atoms with Crippen molar-refractivity contribution < 1.29 is 4.79 Å². The van der Waals surface area contributed by atoms with Crippen LogP contribution in [0.2, 0.25) is 0 Å². The van der Waals surface area contributed by atoms with E-state index in [1.54, 1.807) is 6.92 Å². The Bertz CT molecular complexity index is 178. The molecule has 0 atom stereocenters. The number of rotatable bonds is 6. The van der Waals surface area contributed by atoms with Crippen LogP contribution in [0.15, 0.2) is 12.2 Å². The monoisotopic (exact) mass is 185 g/mol. The molecule has 13 heavy (non-hydrogen) atoms. The molecule has 0 rings (SSSR count). The first-order valence-corrected chi connectivity index (χ1v) is 4.38. The lowest BCUT2D eigenvalue weighted by Gasteiger charge is -2.11. The van der Waals surface area contributed by atoms with E-state index in [9.17, 15) is 4.79 Å². The SMILES string of the molecule is C=C(C)C(=O)NCCCNN(C)C. The summed E-state index contributed by atoms with van der Waals surface area (Å²) < 4.78 is 0. The zero-order valence-corrected chi connectivity index (χ0v) is 8.68. The first-order valence-electron chi connectivity index (χ1n) is 4.38. The smallest absolute Gasteiger partial charge is 0.246 e. The van der Waals surface area contributed by atoms with Gasteiger partial charge in [-0.1, -0.05) is 6.58 Å².